The molecule has 2 amide bonds. The summed E-state index contributed by atoms with van der Waals surface area (Å²) in [6.45, 7) is 5.22. The highest BCUT2D eigenvalue weighted by Crippen LogP contribution is 2.07. The van der Waals surface area contributed by atoms with Crippen molar-refractivity contribution in [2.24, 2.45) is 5.14 Å². The molecule has 10 nitrogen and oxygen atoms in total. The molecule has 29 heavy (non-hydrogen) atoms. The van der Waals surface area contributed by atoms with Gasteiger partial charge in [-0.05, 0) is 39.2 Å². The van der Waals surface area contributed by atoms with Crippen molar-refractivity contribution in [1.82, 2.24) is 10.6 Å². The molecule has 0 radical (unpaired) electrons. The molecule has 4 N–H and O–H groups in total. The number of carbonyl (C=O) groups excluding carboxylic acids is 2. The average molecular weight is 432 g/mol. The first-order valence-corrected chi connectivity index (χ1v) is 10.5. The van der Waals surface area contributed by atoms with Crippen LogP contribution in [0.25, 0.3) is 0 Å². The Morgan fingerprint density at radius 3 is 2.38 bits per heavy atom. The van der Waals surface area contributed by atoms with Gasteiger partial charge in [-0.1, -0.05) is 30.3 Å². The number of nitrogens with one attached hydrogen (secondary N) is 2. The van der Waals surface area contributed by atoms with E-state index in [2.05, 4.69) is 14.8 Å². The Morgan fingerprint density at radius 1 is 1.14 bits per heavy atom. The number of rotatable bonds is 10. The molecule has 1 rings (SSSR count). The van der Waals surface area contributed by atoms with E-state index in [1.165, 1.54) is 0 Å². The van der Waals surface area contributed by atoms with E-state index in [1.807, 2.05) is 18.2 Å². The third kappa shape index (κ3) is 13.4. The summed E-state index contributed by atoms with van der Waals surface area (Å²) in [4.78, 5) is 23.6. The van der Waals surface area contributed by atoms with E-state index in [1.54, 1.807) is 32.9 Å². The Hall–Kier alpha value is -2.37. The fourth-order valence-electron chi connectivity index (χ4n) is 2.16. The largest absolute Gasteiger partial charge is 0.445 e. The quantitative estimate of drug-likeness (QED) is 0.479. The minimum Gasteiger partial charge on any atom is -0.445 e. The molecule has 11 heteroatoms. The van der Waals surface area contributed by atoms with Gasteiger partial charge in [0.1, 0.15) is 12.2 Å². The van der Waals surface area contributed by atoms with Crippen molar-refractivity contribution in [3.8, 4) is 0 Å². The van der Waals surface area contributed by atoms with Crippen LogP contribution in [0.1, 0.15) is 39.2 Å². The molecule has 1 aromatic rings. The van der Waals surface area contributed by atoms with Crippen LogP contribution in [0.5, 0.6) is 0 Å². The molecule has 164 valence electrons. The second-order valence-corrected chi connectivity index (χ2v) is 8.47. The molecule has 0 saturated carbocycles. The van der Waals surface area contributed by atoms with Gasteiger partial charge in [-0.25, -0.2) is 14.7 Å². The summed E-state index contributed by atoms with van der Waals surface area (Å²) in [5.74, 6) is 0. The minimum atomic E-state index is -4.16. The zero-order valence-corrected chi connectivity index (χ0v) is 17.7. The fourth-order valence-corrected chi connectivity index (χ4v) is 2.51. The molecule has 0 aliphatic carbocycles. The first-order chi connectivity index (χ1) is 13.4. The van der Waals surface area contributed by atoms with Crippen molar-refractivity contribution < 1.29 is 31.7 Å². The summed E-state index contributed by atoms with van der Waals surface area (Å²) in [7, 11) is -4.16. The van der Waals surface area contributed by atoms with E-state index in [0.29, 0.717) is 12.8 Å². The highest BCUT2D eigenvalue weighted by molar-refractivity contribution is 7.84. The first-order valence-electron chi connectivity index (χ1n) is 9.06. The van der Waals surface area contributed by atoms with Crippen molar-refractivity contribution in [2.75, 3.05) is 13.2 Å². The number of nitrogens with two attached hydrogens (primary N) is 1. The lowest BCUT2D eigenvalue weighted by molar-refractivity contribution is 0.0526. The van der Waals surface area contributed by atoms with Gasteiger partial charge in [-0.3, -0.25) is 4.18 Å². The molecule has 0 spiro atoms. The lowest BCUT2D eigenvalue weighted by Crippen LogP contribution is -2.40. The van der Waals surface area contributed by atoms with Gasteiger partial charge in [-0.15, -0.1) is 0 Å². The molecule has 0 aliphatic heterocycles. The van der Waals surface area contributed by atoms with E-state index >= 15 is 0 Å². The van der Waals surface area contributed by atoms with Gasteiger partial charge in [0.2, 0.25) is 0 Å². The Balaban J connectivity index is 2.46. The number of alkyl carbamates (subject to hydrolysis) is 2. The predicted octanol–water partition coefficient (Wildman–Crippen LogP) is 1.81. The standard InChI is InChI=1S/C18H29N3O7S/c1-18(2,3)28-16(22)20-11-7-10-15(13-27-29(19,24)25)21-17(23)26-12-14-8-5-4-6-9-14/h4-6,8-9,15H,7,10-13H2,1-3H3,(H,20,22)(H,21,23)(H2,19,24,25)/t15-/m0/s1. The van der Waals surface area contributed by atoms with Gasteiger partial charge in [0.05, 0.1) is 12.6 Å². The summed E-state index contributed by atoms with van der Waals surface area (Å²) in [5.41, 5.74) is 0.196. The minimum absolute atomic E-state index is 0.0651. The van der Waals surface area contributed by atoms with Crippen LogP contribution >= 0.6 is 0 Å². The Bertz CT molecular complexity index is 748. The molecule has 0 fully saturated rings. The van der Waals surface area contributed by atoms with Gasteiger partial charge < -0.3 is 20.1 Å². The monoisotopic (exact) mass is 431 g/mol. The normalized spacial score (nSPS) is 12.7. The van der Waals surface area contributed by atoms with Crippen LogP contribution in [0.15, 0.2) is 30.3 Å². The molecule has 0 heterocycles. The van der Waals surface area contributed by atoms with E-state index in [0.717, 1.165) is 5.56 Å². The van der Waals surface area contributed by atoms with Gasteiger partial charge in [0.15, 0.2) is 0 Å². The molecule has 1 atom stereocenters. The Morgan fingerprint density at radius 2 is 1.79 bits per heavy atom. The Labute approximate surface area is 171 Å². The van der Waals surface area contributed by atoms with Crippen LogP contribution in [0, 0.1) is 0 Å². The van der Waals surface area contributed by atoms with Crippen molar-refractivity contribution in [1.29, 1.82) is 0 Å². The van der Waals surface area contributed by atoms with Crippen molar-refractivity contribution in [3.63, 3.8) is 0 Å². The third-order valence-corrected chi connectivity index (χ3v) is 3.83. The number of ether oxygens (including phenoxy) is 2. The number of amides is 2. The number of hydrogen-bond acceptors (Lipinski definition) is 7. The van der Waals surface area contributed by atoms with E-state index < -0.39 is 34.1 Å². The maximum Gasteiger partial charge on any atom is 0.407 e. The molecular weight excluding hydrogens is 402 g/mol. The topological polar surface area (TPSA) is 146 Å². The second-order valence-electron chi connectivity index (χ2n) is 7.25. The van der Waals surface area contributed by atoms with Gasteiger partial charge in [-0.2, -0.15) is 8.42 Å². The summed E-state index contributed by atoms with van der Waals surface area (Å²) in [6.07, 6.45) is -0.551. The number of hydrogen-bond donors (Lipinski definition) is 3. The highest BCUT2D eigenvalue weighted by atomic mass is 32.2. The van der Waals surface area contributed by atoms with Crippen molar-refractivity contribution in [3.05, 3.63) is 35.9 Å². The first kappa shape index (κ1) is 24.7. The molecule has 0 aromatic heterocycles. The van der Waals surface area contributed by atoms with Gasteiger partial charge in [0, 0.05) is 6.54 Å². The lowest BCUT2D eigenvalue weighted by Gasteiger charge is -2.20. The van der Waals surface area contributed by atoms with Gasteiger partial charge in [0.25, 0.3) is 0 Å². The van der Waals surface area contributed by atoms with E-state index in [9.17, 15) is 18.0 Å². The molecule has 0 aliphatic rings. The highest BCUT2D eigenvalue weighted by Gasteiger charge is 2.18. The molecule has 0 bridgehead atoms. The van der Waals surface area contributed by atoms with Crippen LogP contribution in [0.2, 0.25) is 0 Å². The van der Waals surface area contributed by atoms with Crippen molar-refractivity contribution >= 4 is 22.5 Å². The van der Waals surface area contributed by atoms with Crippen LogP contribution in [-0.4, -0.2) is 45.4 Å². The smallest absolute Gasteiger partial charge is 0.407 e. The fraction of sp³-hybridized carbons (Fsp3) is 0.556. The average Bonchev–Trinajstić information content (AvgIpc) is 2.60. The van der Waals surface area contributed by atoms with Crippen LogP contribution in [0.4, 0.5) is 9.59 Å². The van der Waals surface area contributed by atoms with Crippen LogP contribution in [-0.2, 0) is 30.6 Å². The number of carbonyl (C=O) groups is 2. The van der Waals surface area contributed by atoms with Crippen molar-refractivity contribution in [2.45, 2.75) is 51.9 Å². The Kier molecular flexibility index (Phi) is 9.86. The van der Waals surface area contributed by atoms with Crippen LogP contribution in [0.3, 0.4) is 0 Å². The van der Waals surface area contributed by atoms with E-state index in [-0.39, 0.29) is 19.8 Å². The van der Waals surface area contributed by atoms with Crippen LogP contribution < -0.4 is 15.8 Å². The summed E-state index contributed by atoms with van der Waals surface area (Å²) in [6, 6.07) is 8.40. The summed E-state index contributed by atoms with van der Waals surface area (Å²) in [5, 5.41) is 9.95. The predicted molar refractivity (Wildman–Crippen MR) is 106 cm³/mol. The maximum absolute atomic E-state index is 12.0. The second kappa shape index (κ2) is 11.6. The third-order valence-electron chi connectivity index (χ3n) is 3.37. The zero-order chi connectivity index (χ0) is 21.9. The lowest BCUT2D eigenvalue weighted by atomic mass is 10.1. The molecule has 0 unspecified atom stereocenters. The number of benzene rings is 1. The molecule has 1 aromatic carbocycles. The molecular formula is C18H29N3O7S. The van der Waals surface area contributed by atoms with E-state index in [4.69, 9.17) is 14.6 Å². The maximum atomic E-state index is 12.0. The SMILES string of the molecule is CC(C)(C)OC(=O)NCCC[C@@H](COS(N)(=O)=O)NC(=O)OCc1ccccc1. The zero-order valence-electron chi connectivity index (χ0n) is 16.8. The summed E-state index contributed by atoms with van der Waals surface area (Å²) < 4.78 is 36.8. The summed E-state index contributed by atoms with van der Waals surface area (Å²) >= 11 is 0. The molecule has 0 saturated heterocycles. The van der Waals surface area contributed by atoms with Gasteiger partial charge >= 0.3 is 22.5 Å².